The molecule has 0 N–H and O–H groups in total. The molecule has 2 nitrogen and oxygen atoms in total. The minimum absolute atomic E-state index is 0.236. The lowest BCUT2D eigenvalue weighted by Gasteiger charge is -2.53. The number of rotatable bonds is 6. The maximum Gasteiger partial charge on any atom is 0.125 e. The third-order valence-electron chi connectivity index (χ3n) is 12.9. The Morgan fingerprint density at radius 1 is 0.377 bits per heavy atom. The van der Waals surface area contributed by atoms with Crippen LogP contribution in [0.4, 0.5) is 42.9 Å². The first-order chi connectivity index (χ1) is 29.3. The molecule has 4 heteroatoms. The summed E-state index contributed by atoms with van der Waals surface area (Å²) >= 11 is 0. The lowest BCUT2D eigenvalue weighted by atomic mass is 9.49. The first kappa shape index (κ1) is 38.4. The summed E-state index contributed by atoms with van der Waals surface area (Å²) < 4.78 is 29.7. The van der Waals surface area contributed by atoms with Gasteiger partial charge in [-0.1, -0.05) is 126 Å². The molecule has 0 atom stereocenters. The van der Waals surface area contributed by atoms with Gasteiger partial charge >= 0.3 is 0 Å². The van der Waals surface area contributed by atoms with Gasteiger partial charge in [0.2, 0.25) is 0 Å². The van der Waals surface area contributed by atoms with Crippen LogP contribution in [0.5, 0.6) is 0 Å². The number of hydrogen-bond donors (Lipinski definition) is 0. The molecule has 0 bridgehead atoms. The van der Waals surface area contributed by atoms with Crippen molar-refractivity contribution in [3.05, 3.63) is 205 Å². The van der Waals surface area contributed by atoms with Crippen LogP contribution in [0.2, 0.25) is 0 Å². The number of hydrogen-bond acceptors (Lipinski definition) is 2. The van der Waals surface area contributed by atoms with Crippen LogP contribution >= 0.6 is 0 Å². The number of benzene rings is 9. The second-order valence-corrected chi connectivity index (χ2v) is 18.5. The first-order valence-corrected chi connectivity index (χ1v) is 21.1. The third kappa shape index (κ3) is 6.03. The number of para-hydroxylation sites is 2. The summed E-state index contributed by atoms with van der Waals surface area (Å²) in [4.78, 5) is 4.28. The fraction of sp³-hybridized carbons (Fsp3) is 0.158. The number of anilines is 6. The summed E-state index contributed by atoms with van der Waals surface area (Å²) in [6.45, 7) is 14.4. The van der Waals surface area contributed by atoms with Crippen LogP contribution in [-0.2, 0) is 5.41 Å². The van der Waals surface area contributed by atoms with Crippen LogP contribution in [0.3, 0.4) is 0 Å². The van der Waals surface area contributed by atoms with E-state index < -0.39 is 5.41 Å². The van der Waals surface area contributed by atoms with E-state index >= 15 is 0 Å². The van der Waals surface area contributed by atoms with Crippen molar-refractivity contribution >= 4 is 66.4 Å². The predicted molar refractivity (Wildman–Crippen MR) is 253 cm³/mol. The van der Waals surface area contributed by atoms with E-state index in [4.69, 9.17) is 0 Å². The first-order valence-electron chi connectivity index (χ1n) is 21.1. The van der Waals surface area contributed by atoms with Gasteiger partial charge in [-0.25, -0.2) is 8.78 Å². The molecule has 0 aromatic heterocycles. The molecule has 0 radical (unpaired) electrons. The lowest BCUT2D eigenvalue weighted by molar-refractivity contribution is 0.0965. The second-order valence-electron chi connectivity index (χ2n) is 18.5. The van der Waals surface area contributed by atoms with Gasteiger partial charge in [0.1, 0.15) is 11.6 Å². The zero-order chi connectivity index (χ0) is 42.3. The fourth-order valence-electron chi connectivity index (χ4n) is 11.0. The monoisotopic (exact) mass is 798 g/mol. The SMILES string of the molecule is CC(C)(C)C1(C(C)(C)C)c2cc3cc(N(c4ccccc4)c4cccc(F)c4)ccc3cc2-c2c1c1ccc(N(c3ccccc3)c3cccc(F)c3)cc1c1ccccc21. The van der Waals surface area contributed by atoms with Crippen molar-refractivity contribution in [3.63, 3.8) is 0 Å². The summed E-state index contributed by atoms with van der Waals surface area (Å²) in [5, 5.41) is 7.05. The van der Waals surface area contributed by atoms with Crippen LogP contribution in [-0.4, -0.2) is 0 Å². The molecule has 9 aromatic carbocycles. The standard InChI is InChI=1S/C57H48F2N2/c1-55(2,3)57(56(4,5)6)52-33-38-31-45(60(41-19-9-7-10-20-41)43-23-15-17-39(58)34-43)28-27-37(38)32-51(52)53-48-26-14-13-25-47(48)50-36-46(29-30-49(50)54(53)57)61(42-21-11-8-12-22-42)44-24-16-18-40(59)35-44/h7-36H,1-6H3. The number of halogens is 2. The summed E-state index contributed by atoms with van der Waals surface area (Å²) in [5.74, 6) is -0.551. The highest BCUT2D eigenvalue weighted by Crippen LogP contribution is 2.67. The van der Waals surface area contributed by atoms with E-state index in [1.165, 1.54) is 50.5 Å². The fourth-order valence-corrected chi connectivity index (χ4v) is 11.0. The van der Waals surface area contributed by atoms with Gasteiger partial charge in [-0.05, 0) is 162 Å². The topological polar surface area (TPSA) is 6.48 Å². The molecule has 0 saturated carbocycles. The Morgan fingerprint density at radius 3 is 1.43 bits per heavy atom. The van der Waals surface area contributed by atoms with Gasteiger partial charge in [0.15, 0.2) is 0 Å². The Balaban J connectivity index is 1.26. The summed E-state index contributed by atoms with van der Waals surface area (Å²) in [6.07, 6.45) is 0. The minimum Gasteiger partial charge on any atom is -0.310 e. The van der Waals surface area contributed by atoms with Crippen LogP contribution < -0.4 is 9.80 Å². The Morgan fingerprint density at radius 2 is 0.869 bits per heavy atom. The Hall–Kier alpha value is -6.78. The highest BCUT2D eigenvalue weighted by atomic mass is 19.1. The van der Waals surface area contributed by atoms with Crippen molar-refractivity contribution in [3.8, 4) is 11.1 Å². The maximum atomic E-state index is 14.9. The highest BCUT2D eigenvalue weighted by molar-refractivity contribution is 6.20. The van der Waals surface area contributed by atoms with Gasteiger partial charge in [0, 0.05) is 39.5 Å². The van der Waals surface area contributed by atoms with E-state index in [1.54, 1.807) is 24.3 Å². The highest BCUT2D eigenvalue weighted by Gasteiger charge is 2.58. The molecule has 0 spiro atoms. The van der Waals surface area contributed by atoms with Crippen molar-refractivity contribution in [2.45, 2.75) is 47.0 Å². The van der Waals surface area contributed by atoms with Gasteiger partial charge < -0.3 is 9.80 Å². The Labute approximate surface area is 357 Å². The van der Waals surface area contributed by atoms with Crippen LogP contribution in [0.1, 0.15) is 52.7 Å². The van der Waals surface area contributed by atoms with Crippen LogP contribution in [0.15, 0.2) is 182 Å². The van der Waals surface area contributed by atoms with Crippen LogP contribution in [0, 0.1) is 22.5 Å². The maximum absolute atomic E-state index is 14.9. The van der Waals surface area contributed by atoms with E-state index in [9.17, 15) is 8.78 Å². The minimum atomic E-state index is -0.442. The largest absolute Gasteiger partial charge is 0.310 e. The molecule has 0 heterocycles. The molecule has 0 aliphatic heterocycles. The molecule has 10 rings (SSSR count). The molecule has 300 valence electrons. The quantitative estimate of drug-likeness (QED) is 0.155. The predicted octanol–water partition coefficient (Wildman–Crippen LogP) is 16.7. The molecule has 1 aliphatic carbocycles. The zero-order valence-corrected chi connectivity index (χ0v) is 35.5. The van der Waals surface area contributed by atoms with Crippen molar-refractivity contribution < 1.29 is 8.78 Å². The van der Waals surface area contributed by atoms with Gasteiger partial charge in [0.25, 0.3) is 0 Å². The van der Waals surface area contributed by atoms with Gasteiger partial charge in [-0.15, -0.1) is 0 Å². The molecule has 1 aliphatic rings. The van der Waals surface area contributed by atoms with E-state index in [1.807, 2.05) is 48.5 Å². The van der Waals surface area contributed by atoms with Crippen molar-refractivity contribution in [2.24, 2.45) is 10.8 Å². The molecule has 61 heavy (non-hydrogen) atoms. The van der Waals surface area contributed by atoms with Crippen molar-refractivity contribution in [2.75, 3.05) is 9.80 Å². The molecular formula is C57H48F2N2. The molecule has 0 fully saturated rings. The summed E-state index contributed by atoms with van der Waals surface area (Å²) in [7, 11) is 0. The molecule has 0 unspecified atom stereocenters. The van der Waals surface area contributed by atoms with Gasteiger partial charge in [-0.3, -0.25) is 0 Å². The average molecular weight is 799 g/mol. The number of fused-ring (bicyclic) bond motifs is 9. The van der Waals surface area contributed by atoms with Gasteiger partial charge in [0.05, 0.1) is 0 Å². The van der Waals surface area contributed by atoms with E-state index in [2.05, 4.69) is 148 Å². The van der Waals surface area contributed by atoms with Gasteiger partial charge in [-0.2, -0.15) is 0 Å². The van der Waals surface area contributed by atoms with Crippen molar-refractivity contribution in [1.29, 1.82) is 0 Å². The Bertz CT molecular complexity index is 3130. The summed E-state index contributed by atoms with van der Waals surface area (Å²) in [6, 6.07) is 61.2. The summed E-state index contributed by atoms with van der Waals surface area (Å²) in [5.41, 5.74) is 9.66. The van der Waals surface area contributed by atoms with Crippen molar-refractivity contribution in [1.82, 2.24) is 0 Å². The normalized spacial score (nSPS) is 13.4. The lowest BCUT2D eigenvalue weighted by Crippen LogP contribution is -2.50. The second kappa shape index (κ2) is 14.2. The van der Waals surface area contributed by atoms with Crippen LogP contribution in [0.25, 0.3) is 43.4 Å². The molecular weight excluding hydrogens is 751 g/mol. The average Bonchev–Trinajstić information content (AvgIpc) is 3.56. The smallest absolute Gasteiger partial charge is 0.125 e. The zero-order valence-electron chi connectivity index (χ0n) is 35.5. The van der Waals surface area contributed by atoms with E-state index in [0.29, 0.717) is 0 Å². The third-order valence-corrected chi connectivity index (χ3v) is 12.9. The van der Waals surface area contributed by atoms with E-state index in [0.717, 1.165) is 50.3 Å². The Kier molecular flexibility index (Phi) is 8.92. The molecule has 9 aromatic rings. The molecule has 0 amide bonds. The molecule has 0 saturated heterocycles. The van der Waals surface area contributed by atoms with E-state index in [-0.39, 0.29) is 22.5 Å². The number of nitrogens with zero attached hydrogens (tertiary/aromatic N) is 2.